The van der Waals surface area contributed by atoms with Crippen molar-refractivity contribution in [3.63, 3.8) is 0 Å². The smallest absolute Gasteiger partial charge is 0.274 e. The highest BCUT2D eigenvalue weighted by atomic mass is 32.2. The maximum atomic E-state index is 10.9. The predicted octanol–water partition coefficient (Wildman–Crippen LogP) is -1.55. The molecule has 1 aliphatic rings. The highest BCUT2D eigenvalue weighted by Gasteiger charge is 2.27. The minimum Gasteiger partial charge on any atom is -0.352 e. The Bertz CT molecular complexity index is 300. The fraction of sp³-hybridized carbons (Fsp3) is 0.833. The maximum Gasteiger partial charge on any atom is 0.274 e. The molecule has 6 nitrogen and oxygen atoms in total. The molecule has 0 radical (unpaired) electrons. The fourth-order valence-corrected chi connectivity index (χ4v) is 2.08. The van der Waals surface area contributed by atoms with Crippen molar-refractivity contribution in [3.8, 4) is 0 Å². The highest BCUT2D eigenvalue weighted by Crippen LogP contribution is 2.09. The Morgan fingerprint density at radius 2 is 2.23 bits per heavy atom. The highest BCUT2D eigenvalue weighted by molar-refractivity contribution is 7.87. The first-order valence-electron chi connectivity index (χ1n) is 3.98. The molecule has 0 aromatic rings. The molecule has 2 unspecified atom stereocenters. The van der Waals surface area contributed by atoms with Crippen LogP contribution in [0.1, 0.15) is 19.8 Å². The van der Waals surface area contributed by atoms with Gasteiger partial charge in [-0.1, -0.05) is 0 Å². The van der Waals surface area contributed by atoms with Crippen molar-refractivity contribution in [2.24, 2.45) is 5.14 Å². The number of nitrogens with two attached hydrogens (primary N) is 1. The van der Waals surface area contributed by atoms with Crippen molar-refractivity contribution in [2.75, 3.05) is 0 Å². The van der Waals surface area contributed by atoms with Gasteiger partial charge in [0.25, 0.3) is 10.2 Å². The summed E-state index contributed by atoms with van der Waals surface area (Å²) in [6.45, 7) is 1.74. The number of carbonyl (C=O) groups is 1. The number of nitrogens with one attached hydrogen (secondary N) is 2. The second-order valence-corrected chi connectivity index (χ2v) is 4.49. The van der Waals surface area contributed by atoms with Crippen LogP contribution in [0.5, 0.6) is 0 Å². The number of amides is 1. The zero-order valence-electron chi connectivity index (χ0n) is 7.28. The summed E-state index contributed by atoms with van der Waals surface area (Å²) in [4.78, 5) is 10.9. The zero-order chi connectivity index (χ0) is 10.1. The molecule has 0 saturated carbocycles. The van der Waals surface area contributed by atoms with E-state index in [-0.39, 0.29) is 18.0 Å². The Labute approximate surface area is 77.1 Å². The van der Waals surface area contributed by atoms with E-state index in [4.69, 9.17) is 5.14 Å². The van der Waals surface area contributed by atoms with Gasteiger partial charge in [0, 0.05) is 18.5 Å². The van der Waals surface area contributed by atoms with E-state index in [0.29, 0.717) is 12.8 Å². The molecule has 4 N–H and O–H groups in total. The van der Waals surface area contributed by atoms with Crippen LogP contribution in [0, 0.1) is 0 Å². The summed E-state index contributed by atoms with van der Waals surface area (Å²) in [5.74, 6) is -0.0556. The Morgan fingerprint density at radius 1 is 1.62 bits per heavy atom. The summed E-state index contributed by atoms with van der Waals surface area (Å²) in [6, 6.07) is -0.507. The number of piperidine rings is 1. The molecule has 1 saturated heterocycles. The standard InChI is InChI=1S/C6H13N3O3S/c1-4-5(9-13(7,11)12)2-3-6(10)8-4/h4-5,9H,2-3H2,1H3,(H,8,10)(H2,7,11,12). The molecule has 1 fully saturated rings. The molecule has 0 aromatic carbocycles. The Balaban J connectivity index is 2.57. The van der Waals surface area contributed by atoms with Crippen LogP contribution in [0.3, 0.4) is 0 Å². The van der Waals surface area contributed by atoms with E-state index in [0.717, 1.165) is 0 Å². The van der Waals surface area contributed by atoms with Crippen molar-refractivity contribution in [2.45, 2.75) is 31.8 Å². The summed E-state index contributed by atoms with van der Waals surface area (Å²) in [5, 5.41) is 7.44. The van der Waals surface area contributed by atoms with Crippen molar-refractivity contribution in [3.05, 3.63) is 0 Å². The SMILES string of the molecule is CC1NC(=O)CCC1NS(N)(=O)=O. The van der Waals surface area contributed by atoms with E-state index in [2.05, 4.69) is 10.0 Å². The third kappa shape index (κ3) is 3.29. The van der Waals surface area contributed by atoms with Gasteiger partial charge >= 0.3 is 0 Å². The maximum absolute atomic E-state index is 10.9. The van der Waals surface area contributed by atoms with Gasteiger partial charge in [0.2, 0.25) is 5.91 Å². The third-order valence-corrected chi connectivity index (χ3v) is 2.62. The minimum absolute atomic E-state index is 0.0556. The van der Waals surface area contributed by atoms with Crippen LogP contribution in [-0.4, -0.2) is 26.4 Å². The lowest BCUT2D eigenvalue weighted by atomic mass is 10.0. The van der Waals surface area contributed by atoms with Gasteiger partial charge in [-0.2, -0.15) is 13.1 Å². The largest absolute Gasteiger partial charge is 0.352 e. The third-order valence-electron chi connectivity index (χ3n) is 1.99. The van der Waals surface area contributed by atoms with Crippen LogP contribution in [0.25, 0.3) is 0 Å². The number of carbonyl (C=O) groups excluding carboxylic acids is 1. The van der Waals surface area contributed by atoms with Crippen LogP contribution in [0.4, 0.5) is 0 Å². The predicted molar refractivity (Wildman–Crippen MR) is 46.9 cm³/mol. The number of rotatable bonds is 2. The normalized spacial score (nSPS) is 29.8. The molecule has 0 spiro atoms. The lowest BCUT2D eigenvalue weighted by Crippen LogP contribution is -2.55. The molecule has 0 bridgehead atoms. The molecule has 1 heterocycles. The molecule has 76 valence electrons. The van der Waals surface area contributed by atoms with Gasteiger partial charge in [-0.3, -0.25) is 4.79 Å². The molecule has 2 atom stereocenters. The quantitative estimate of drug-likeness (QED) is 0.510. The average Bonchev–Trinajstić information content (AvgIpc) is 1.93. The summed E-state index contributed by atoms with van der Waals surface area (Å²) in [5.41, 5.74) is 0. The lowest BCUT2D eigenvalue weighted by Gasteiger charge is -2.29. The molecule has 1 rings (SSSR count). The van der Waals surface area contributed by atoms with Crippen LogP contribution in [0.15, 0.2) is 0 Å². The molecular weight excluding hydrogens is 194 g/mol. The molecule has 7 heteroatoms. The first kappa shape index (κ1) is 10.4. The topological polar surface area (TPSA) is 101 Å². The van der Waals surface area contributed by atoms with Crippen LogP contribution >= 0.6 is 0 Å². The van der Waals surface area contributed by atoms with Gasteiger partial charge in [0.05, 0.1) is 0 Å². The van der Waals surface area contributed by atoms with Gasteiger partial charge in [0.1, 0.15) is 0 Å². The summed E-state index contributed by atoms with van der Waals surface area (Å²) in [6.07, 6.45) is 0.820. The first-order chi connectivity index (χ1) is 5.88. The molecular formula is C6H13N3O3S. The molecule has 0 aromatic heterocycles. The Hall–Kier alpha value is -0.660. The summed E-state index contributed by atoms with van der Waals surface area (Å²) < 4.78 is 23.6. The second kappa shape index (κ2) is 3.60. The van der Waals surface area contributed by atoms with Gasteiger partial charge in [-0.05, 0) is 13.3 Å². The van der Waals surface area contributed by atoms with Crippen molar-refractivity contribution in [1.82, 2.24) is 10.0 Å². The van der Waals surface area contributed by atoms with Crippen LogP contribution in [-0.2, 0) is 15.0 Å². The zero-order valence-corrected chi connectivity index (χ0v) is 8.10. The summed E-state index contributed by atoms with van der Waals surface area (Å²) >= 11 is 0. The Kier molecular flexibility index (Phi) is 2.89. The first-order valence-corrected chi connectivity index (χ1v) is 5.52. The van der Waals surface area contributed by atoms with Crippen molar-refractivity contribution < 1.29 is 13.2 Å². The fourth-order valence-electron chi connectivity index (χ4n) is 1.34. The lowest BCUT2D eigenvalue weighted by molar-refractivity contribution is -0.123. The van der Waals surface area contributed by atoms with Gasteiger partial charge in [-0.25, -0.2) is 5.14 Å². The van der Waals surface area contributed by atoms with Crippen LogP contribution < -0.4 is 15.2 Å². The summed E-state index contributed by atoms with van der Waals surface area (Å²) in [7, 11) is -3.68. The van der Waals surface area contributed by atoms with E-state index < -0.39 is 10.2 Å². The van der Waals surface area contributed by atoms with E-state index in [9.17, 15) is 13.2 Å². The van der Waals surface area contributed by atoms with Gasteiger partial charge < -0.3 is 5.32 Å². The molecule has 1 aliphatic heterocycles. The van der Waals surface area contributed by atoms with Gasteiger partial charge in [0.15, 0.2) is 0 Å². The monoisotopic (exact) mass is 207 g/mol. The van der Waals surface area contributed by atoms with Crippen LogP contribution in [0.2, 0.25) is 0 Å². The van der Waals surface area contributed by atoms with E-state index in [1.165, 1.54) is 0 Å². The van der Waals surface area contributed by atoms with Crippen molar-refractivity contribution >= 4 is 16.1 Å². The van der Waals surface area contributed by atoms with Gasteiger partial charge in [-0.15, -0.1) is 0 Å². The number of hydrogen-bond acceptors (Lipinski definition) is 3. The average molecular weight is 207 g/mol. The second-order valence-electron chi connectivity index (χ2n) is 3.16. The minimum atomic E-state index is -3.68. The van der Waals surface area contributed by atoms with E-state index in [1.54, 1.807) is 6.92 Å². The van der Waals surface area contributed by atoms with E-state index >= 15 is 0 Å². The van der Waals surface area contributed by atoms with Crippen molar-refractivity contribution in [1.29, 1.82) is 0 Å². The number of hydrogen-bond donors (Lipinski definition) is 3. The molecule has 1 amide bonds. The molecule has 13 heavy (non-hydrogen) atoms. The Morgan fingerprint density at radius 3 is 2.69 bits per heavy atom. The van der Waals surface area contributed by atoms with E-state index in [1.807, 2.05) is 0 Å². The molecule has 0 aliphatic carbocycles.